The number of nitrogens with zero attached hydrogens (tertiary/aromatic N) is 1. The molecule has 0 fully saturated rings. The summed E-state index contributed by atoms with van der Waals surface area (Å²) in [6, 6.07) is 7.61. The van der Waals surface area contributed by atoms with Crippen LogP contribution < -0.4 is 16.2 Å². The van der Waals surface area contributed by atoms with Crippen LogP contribution in [0.5, 0.6) is 5.75 Å². The molecule has 0 saturated carbocycles. The number of hydrogen-bond donors (Lipinski definition) is 3. The van der Waals surface area contributed by atoms with Gasteiger partial charge in [0.15, 0.2) is 6.23 Å². The summed E-state index contributed by atoms with van der Waals surface area (Å²) >= 11 is 0. The molecule has 1 aliphatic heterocycles. The predicted octanol–water partition coefficient (Wildman–Crippen LogP) is 0.269. The van der Waals surface area contributed by atoms with Gasteiger partial charge < -0.3 is 15.7 Å². The van der Waals surface area contributed by atoms with E-state index in [9.17, 15) is 0 Å². The monoisotopic (exact) mass is 207 g/mol. The minimum atomic E-state index is -0.559. The molecule has 1 aromatic rings. The molecule has 0 radical (unpaired) electrons. The number of rotatable bonds is 1. The fourth-order valence-corrected chi connectivity index (χ4v) is 1.72. The summed E-state index contributed by atoms with van der Waals surface area (Å²) in [6.07, 6.45) is 0.0727. The number of oxime groups is 1. The predicted molar refractivity (Wildman–Crippen MR) is 55.6 cm³/mol. The van der Waals surface area contributed by atoms with Crippen LogP contribution in [0.2, 0.25) is 0 Å². The van der Waals surface area contributed by atoms with Gasteiger partial charge in [-0.1, -0.05) is 23.4 Å². The number of para-hydroxylation sites is 1. The van der Waals surface area contributed by atoms with Crippen molar-refractivity contribution in [3.63, 3.8) is 0 Å². The van der Waals surface area contributed by atoms with Gasteiger partial charge in [0.2, 0.25) is 0 Å². The van der Waals surface area contributed by atoms with E-state index in [1.54, 1.807) is 0 Å². The van der Waals surface area contributed by atoms with E-state index in [0.29, 0.717) is 6.42 Å². The highest BCUT2D eigenvalue weighted by Gasteiger charge is 2.30. The van der Waals surface area contributed by atoms with Crippen LogP contribution in [0.3, 0.4) is 0 Å². The van der Waals surface area contributed by atoms with Crippen LogP contribution in [0.1, 0.15) is 5.56 Å². The Morgan fingerprint density at radius 1 is 1.47 bits per heavy atom. The molecule has 5 N–H and O–H groups in total. The maximum absolute atomic E-state index is 8.60. The molecular formula is C10H13N3O2. The van der Waals surface area contributed by atoms with Crippen molar-refractivity contribution in [1.82, 2.24) is 0 Å². The van der Waals surface area contributed by atoms with Crippen LogP contribution in [0.4, 0.5) is 0 Å². The van der Waals surface area contributed by atoms with Crippen LogP contribution in [0, 0.1) is 5.92 Å². The lowest BCUT2D eigenvalue weighted by Crippen LogP contribution is -2.46. The summed E-state index contributed by atoms with van der Waals surface area (Å²) in [5, 5.41) is 11.6. The first-order chi connectivity index (χ1) is 7.22. The molecular weight excluding hydrogens is 194 g/mol. The van der Waals surface area contributed by atoms with E-state index >= 15 is 0 Å². The molecule has 5 nitrogen and oxygen atoms in total. The van der Waals surface area contributed by atoms with Gasteiger partial charge in [0.1, 0.15) is 11.6 Å². The third-order valence-corrected chi connectivity index (χ3v) is 2.57. The number of nitrogens with two attached hydrogens (primary N) is 2. The lowest BCUT2D eigenvalue weighted by molar-refractivity contribution is 0.148. The largest absolute Gasteiger partial charge is 0.474 e. The van der Waals surface area contributed by atoms with E-state index in [2.05, 4.69) is 5.16 Å². The Balaban J connectivity index is 2.29. The van der Waals surface area contributed by atoms with Crippen LogP contribution in [0.25, 0.3) is 0 Å². The summed E-state index contributed by atoms with van der Waals surface area (Å²) in [4.78, 5) is 0. The van der Waals surface area contributed by atoms with Crippen molar-refractivity contribution in [3.05, 3.63) is 29.8 Å². The Labute approximate surface area is 87.3 Å². The van der Waals surface area contributed by atoms with Gasteiger partial charge in [0.25, 0.3) is 0 Å². The Morgan fingerprint density at radius 2 is 2.20 bits per heavy atom. The van der Waals surface area contributed by atoms with E-state index in [1.165, 1.54) is 0 Å². The zero-order valence-electron chi connectivity index (χ0n) is 8.13. The number of hydrogen-bond acceptors (Lipinski definition) is 4. The second-order valence-corrected chi connectivity index (χ2v) is 3.53. The smallest absolute Gasteiger partial charge is 0.158 e. The number of amidine groups is 1. The summed E-state index contributed by atoms with van der Waals surface area (Å²) in [7, 11) is 0. The Bertz CT molecular complexity index is 392. The molecule has 0 amide bonds. The summed E-state index contributed by atoms with van der Waals surface area (Å²) < 4.78 is 5.47. The molecule has 0 saturated heterocycles. The standard InChI is InChI=1S/C10H13N3O2/c11-9(13-14)7-5-6-3-1-2-4-8(6)15-10(7)12/h1-4,7,10,14H,5,12H2,(H2,11,13)/t7-,10-/m0/s1. The minimum absolute atomic E-state index is 0.108. The lowest BCUT2D eigenvalue weighted by atomic mass is 9.93. The molecule has 0 aromatic heterocycles. The molecule has 80 valence electrons. The van der Waals surface area contributed by atoms with E-state index in [1.807, 2.05) is 24.3 Å². The second-order valence-electron chi connectivity index (χ2n) is 3.53. The van der Waals surface area contributed by atoms with E-state index in [0.717, 1.165) is 11.3 Å². The van der Waals surface area contributed by atoms with Gasteiger partial charge in [0, 0.05) is 0 Å². The third-order valence-electron chi connectivity index (χ3n) is 2.57. The highest BCUT2D eigenvalue weighted by atomic mass is 16.5. The van der Waals surface area contributed by atoms with E-state index in [4.69, 9.17) is 21.4 Å². The molecule has 2 rings (SSSR count). The van der Waals surface area contributed by atoms with Crippen molar-refractivity contribution < 1.29 is 9.94 Å². The molecule has 1 aromatic carbocycles. The van der Waals surface area contributed by atoms with Crippen molar-refractivity contribution in [1.29, 1.82) is 0 Å². The number of benzene rings is 1. The number of ether oxygens (including phenoxy) is 1. The van der Waals surface area contributed by atoms with E-state index in [-0.39, 0.29) is 11.8 Å². The van der Waals surface area contributed by atoms with Crippen molar-refractivity contribution in [2.75, 3.05) is 0 Å². The molecule has 0 spiro atoms. The molecule has 2 atom stereocenters. The average Bonchev–Trinajstić information content (AvgIpc) is 2.27. The van der Waals surface area contributed by atoms with Crippen molar-refractivity contribution in [2.45, 2.75) is 12.6 Å². The average molecular weight is 207 g/mol. The van der Waals surface area contributed by atoms with Gasteiger partial charge in [-0.3, -0.25) is 5.73 Å². The summed E-state index contributed by atoms with van der Waals surface area (Å²) in [6.45, 7) is 0. The minimum Gasteiger partial charge on any atom is -0.474 e. The molecule has 1 heterocycles. The molecule has 15 heavy (non-hydrogen) atoms. The lowest BCUT2D eigenvalue weighted by Gasteiger charge is -2.29. The Kier molecular flexibility index (Phi) is 2.47. The van der Waals surface area contributed by atoms with Gasteiger partial charge in [0.05, 0.1) is 5.92 Å². The quantitative estimate of drug-likeness (QED) is 0.266. The normalized spacial score (nSPS) is 25.5. The zero-order chi connectivity index (χ0) is 10.8. The molecule has 0 aliphatic carbocycles. The van der Waals surface area contributed by atoms with Gasteiger partial charge in [-0.05, 0) is 18.1 Å². The SMILES string of the molecule is NC(=NO)[C@@H]1Cc2ccccc2O[C@@H]1N. The van der Waals surface area contributed by atoms with E-state index < -0.39 is 6.23 Å². The van der Waals surface area contributed by atoms with Crippen molar-refractivity contribution >= 4 is 5.84 Å². The van der Waals surface area contributed by atoms with Gasteiger partial charge in [-0.25, -0.2) is 0 Å². The molecule has 1 aliphatic rings. The van der Waals surface area contributed by atoms with Gasteiger partial charge >= 0.3 is 0 Å². The summed E-state index contributed by atoms with van der Waals surface area (Å²) in [5.41, 5.74) is 12.3. The fourth-order valence-electron chi connectivity index (χ4n) is 1.72. The van der Waals surface area contributed by atoms with Crippen molar-refractivity contribution in [2.24, 2.45) is 22.5 Å². The zero-order valence-corrected chi connectivity index (χ0v) is 8.13. The van der Waals surface area contributed by atoms with Gasteiger partial charge in [-0.15, -0.1) is 0 Å². The molecule has 0 unspecified atom stereocenters. The maximum atomic E-state index is 8.60. The Hall–Kier alpha value is -1.75. The Morgan fingerprint density at radius 3 is 2.93 bits per heavy atom. The highest BCUT2D eigenvalue weighted by Crippen LogP contribution is 2.28. The number of fused-ring (bicyclic) bond motifs is 1. The van der Waals surface area contributed by atoms with Gasteiger partial charge in [-0.2, -0.15) is 0 Å². The summed E-state index contributed by atoms with van der Waals surface area (Å²) in [5.74, 6) is 0.605. The fraction of sp³-hybridized carbons (Fsp3) is 0.300. The molecule has 0 bridgehead atoms. The van der Waals surface area contributed by atoms with Crippen LogP contribution >= 0.6 is 0 Å². The first-order valence-electron chi connectivity index (χ1n) is 4.70. The third kappa shape index (κ3) is 1.73. The van der Waals surface area contributed by atoms with Crippen molar-refractivity contribution in [3.8, 4) is 5.75 Å². The second kappa shape index (κ2) is 3.78. The van der Waals surface area contributed by atoms with Crippen LogP contribution in [0.15, 0.2) is 29.4 Å². The highest BCUT2D eigenvalue weighted by molar-refractivity contribution is 5.83. The topological polar surface area (TPSA) is 93.9 Å². The maximum Gasteiger partial charge on any atom is 0.158 e. The first-order valence-corrected chi connectivity index (χ1v) is 4.70. The van der Waals surface area contributed by atoms with Crippen LogP contribution in [-0.2, 0) is 6.42 Å². The molecule has 5 heteroatoms. The first kappa shape index (κ1) is 9.79. The van der Waals surface area contributed by atoms with Crippen LogP contribution in [-0.4, -0.2) is 17.3 Å².